The number of rotatable bonds is 3. The van der Waals surface area contributed by atoms with E-state index in [1.165, 1.54) is 6.20 Å². The molecule has 2 rings (SSSR count). The number of carboxylic acid groups (broad SMARTS) is 1. The van der Waals surface area contributed by atoms with Crippen LogP contribution in [0, 0.1) is 5.92 Å². The van der Waals surface area contributed by atoms with Gasteiger partial charge < -0.3 is 10.4 Å². The fraction of sp³-hybridized carbons (Fsp3) is 0.500. The minimum Gasteiger partial charge on any atom is -0.478 e. The van der Waals surface area contributed by atoms with Crippen LogP contribution in [-0.2, 0) is 6.54 Å². The molecule has 0 spiro atoms. The Morgan fingerprint density at radius 1 is 1.77 bits per heavy atom. The molecule has 1 aromatic heterocycles. The summed E-state index contributed by atoms with van der Waals surface area (Å²) in [5.41, 5.74) is 0.257. The van der Waals surface area contributed by atoms with Crippen LogP contribution >= 0.6 is 0 Å². The Balaban J connectivity index is 2.00. The highest BCUT2D eigenvalue weighted by Gasteiger charge is 2.17. The van der Waals surface area contributed by atoms with Gasteiger partial charge in [-0.05, 0) is 0 Å². The minimum atomic E-state index is -0.919. The second kappa shape index (κ2) is 3.18. The van der Waals surface area contributed by atoms with Gasteiger partial charge in [0.1, 0.15) is 0 Å². The lowest BCUT2D eigenvalue weighted by Gasteiger charge is -2.26. The first-order valence-electron chi connectivity index (χ1n) is 4.22. The number of aromatic carboxylic acids is 1. The van der Waals surface area contributed by atoms with Crippen LogP contribution < -0.4 is 5.32 Å². The summed E-state index contributed by atoms with van der Waals surface area (Å²) >= 11 is 0. The fourth-order valence-corrected chi connectivity index (χ4v) is 1.32. The first kappa shape index (κ1) is 8.25. The summed E-state index contributed by atoms with van der Waals surface area (Å²) in [5, 5.41) is 15.8. The molecule has 5 nitrogen and oxygen atoms in total. The number of carboxylic acids is 1. The van der Waals surface area contributed by atoms with Crippen LogP contribution in [0.15, 0.2) is 12.4 Å². The van der Waals surface area contributed by atoms with Crippen molar-refractivity contribution in [2.24, 2.45) is 5.92 Å². The highest BCUT2D eigenvalue weighted by molar-refractivity contribution is 5.86. The summed E-state index contributed by atoms with van der Waals surface area (Å²) in [6, 6.07) is 0. The third-order valence-electron chi connectivity index (χ3n) is 2.19. The van der Waals surface area contributed by atoms with Crippen molar-refractivity contribution in [1.29, 1.82) is 0 Å². The summed E-state index contributed by atoms with van der Waals surface area (Å²) in [6.07, 6.45) is 2.95. The SMILES string of the molecule is O=C(O)c1cnn(CC2CNC2)c1. The summed E-state index contributed by atoms with van der Waals surface area (Å²) in [4.78, 5) is 10.5. The summed E-state index contributed by atoms with van der Waals surface area (Å²) in [7, 11) is 0. The van der Waals surface area contributed by atoms with Crippen LogP contribution in [0.1, 0.15) is 10.4 Å². The van der Waals surface area contributed by atoms with Crippen molar-refractivity contribution in [2.75, 3.05) is 13.1 Å². The largest absolute Gasteiger partial charge is 0.478 e. The summed E-state index contributed by atoms with van der Waals surface area (Å²) in [5.74, 6) is -0.320. The Bertz CT molecular complexity index is 317. The van der Waals surface area contributed by atoms with Gasteiger partial charge in [0.15, 0.2) is 0 Å². The van der Waals surface area contributed by atoms with E-state index in [1.807, 2.05) is 0 Å². The first-order chi connectivity index (χ1) is 6.25. The Hall–Kier alpha value is -1.36. The molecule has 0 aromatic carbocycles. The van der Waals surface area contributed by atoms with Gasteiger partial charge in [0.25, 0.3) is 0 Å². The van der Waals surface area contributed by atoms with E-state index in [1.54, 1.807) is 10.9 Å². The van der Waals surface area contributed by atoms with Gasteiger partial charge in [-0.2, -0.15) is 5.10 Å². The highest BCUT2D eigenvalue weighted by Crippen LogP contribution is 2.07. The molecule has 70 valence electrons. The molecule has 0 radical (unpaired) electrons. The second-order valence-electron chi connectivity index (χ2n) is 3.28. The molecule has 13 heavy (non-hydrogen) atoms. The molecule has 1 aliphatic rings. The van der Waals surface area contributed by atoms with E-state index in [0.29, 0.717) is 5.92 Å². The summed E-state index contributed by atoms with van der Waals surface area (Å²) in [6.45, 7) is 2.81. The normalized spacial score (nSPS) is 16.9. The molecule has 0 amide bonds. The molecular formula is C8H11N3O2. The van der Waals surface area contributed by atoms with Crippen LogP contribution in [0.25, 0.3) is 0 Å². The number of hydrogen-bond donors (Lipinski definition) is 2. The van der Waals surface area contributed by atoms with Crippen molar-refractivity contribution < 1.29 is 9.90 Å². The van der Waals surface area contributed by atoms with Gasteiger partial charge in [-0.3, -0.25) is 4.68 Å². The number of hydrogen-bond acceptors (Lipinski definition) is 3. The lowest BCUT2D eigenvalue weighted by Crippen LogP contribution is -2.44. The Morgan fingerprint density at radius 3 is 3.00 bits per heavy atom. The van der Waals surface area contributed by atoms with Gasteiger partial charge in [0, 0.05) is 31.7 Å². The van der Waals surface area contributed by atoms with E-state index in [-0.39, 0.29) is 5.56 Å². The molecule has 0 unspecified atom stereocenters. The van der Waals surface area contributed by atoms with Crippen molar-refractivity contribution in [3.05, 3.63) is 18.0 Å². The lowest BCUT2D eigenvalue weighted by atomic mass is 10.0. The van der Waals surface area contributed by atoms with Crippen LogP contribution in [-0.4, -0.2) is 33.9 Å². The maximum Gasteiger partial charge on any atom is 0.338 e. The molecule has 2 heterocycles. The van der Waals surface area contributed by atoms with Crippen LogP contribution in [0.5, 0.6) is 0 Å². The molecule has 5 heteroatoms. The topological polar surface area (TPSA) is 67.1 Å². The van der Waals surface area contributed by atoms with Gasteiger partial charge in [0.05, 0.1) is 11.8 Å². The van der Waals surface area contributed by atoms with E-state index in [2.05, 4.69) is 10.4 Å². The number of nitrogens with one attached hydrogen (secondary N) is 1. The average Bonchev–Trinajstić information content (AvgIpc) is 2.44. The fourth-order valence-electron chi connectivity index (χ4n) is 1.32. The molecule has 0 bridgehead atoms. The van der Waals surface area contributed by atoms with E-state index in [0.717, 1.165) is 19.6 Å². The van der Waals surface area contributed by atoms with Crippen molar-refractivity contribution in [1.82, 2.24) is 15.1 Å². The van der Waals surface area contributed by atoms with Crippen LogP contribution in [0.3, 0.4) is 0 Å². The quantitative estimate of drug-likeness (QED) is 0.677. The predicted molar refractivity (Wildman–Crippen MR) is 45.5 cm³/mol. The molecule has 1 saturated heterocycles. The molecule has 0 atom stereocenters. The van der Waals surface area contributed by atoms with Crippen LogP contribution in [0.4, 0.5) is 0 Å². The van der Waals surface area contributed by atoms with Crippen molar-refractivity contribution in [3.8, 4) is 0 Å². The van der Waals surface area contributed by atoms with Gasteiger partial charge in [-0.1, -0.05) is 0 Å². The lowest BCUT2D eigenvalue weighted by molar-refractivity contribution is 0.0696. The molecule has 2 N–H and O–H groups in total. The molecule has 1 fully saturated rings. The maximum atomic E-state index is 10.5. The van der Waals surface area contributed by atoms with E-state index in [9.17, 15) is 4.79 Å². The van der Waals surface area contributed by atoms with Crippen molar-refractivity contribution in [3.63, 3.8) is 0 Å². The first-order valence-corrected chi connectivity index (χ1v) is 4.22. The average molecular weight is 181 g/mol. The summed E-state index contributed by atoms with van der Waals surface area (Å²) < 4.78 is 1.69. The molecular weight excluding hydrogens is 170 g/mol. The van der Waals surface area contributed by atoms with Gasteiger partial charge in [-0.25, -0.2) is 4.79 Å². The minimum absolute atomic E-state index is 0.257. The van der Waals surface area contributed by atoms with Crippen molar-refractivity contribution in [2.45, 2.75) is 6.54 Å². The van der Waals surface area contributed by atoms with Crippen LogP contribution in [0.2, 0.25) is 0 Å². The van der Waals surface area contributed by atoms with E-state index < -0.39 is 5.97 Å². The smallest absolute Gasteiger partial charge is 0.338 e. The second-order valence-corrected chi connectivity index (χ2v) is 3.28. The van der Waals surface area contributed by atoms with E-state index in [4.69, 9.17) is 5.11 Å². The molecule has 1 aromatic rings. The Morgan fingerprint density at radius 2 is 2.54 bits per heavy atom. The zero-order valence-corrected chi connectivity index (χ0v) is 7.10. The zero-order valence-electron chi connectivity index (χ0n) is 7.10. The van der Waals surface area contributed by atoms with Gasteiger partial charge in [0.2, 0.25) is 0 Å². The van der Waals surface area contributed by atoms with E-state index >= 15 is 0 Å². The molecule has 0 saturated carbocycles. The van der Waals surface area contributed by atoms with Gasteiger partial charge in [-0.15, -0.1) is 0 Å². The number of nitrogens with zero attached hydrogens (tertiary/aromatic N) is 2. The predicted octanol–water partition coefficient (Wildman–Crippen LogP) is -0.199. The Labute approximate surface area is 75.4 Å². The third kappa shape index (κ3) is 1.70. The standard InChI is InChI=1S/C8H11N3O2/c12-8(13)7-3-10-11(5-7)4-6-1-9-2-6/h3,5-6,9H,1-2,4H2,(H,12,13). The maximum absolute atomic E-state index is 10.5. The molecule has 0 aliphatic carbocycles. The molecule has 1 aliphatic heterocycles. The van der Waals surface area contributed by atoms with Crippen molar-refractivity contribution >= 4 is 5.97 Å². The van der Waals surface area contributed by atoms with Gasteiger partial charge >= 0.3 is 5.97 Å². The Kier molecular flexibility index (Phi) is 2.02. The zero-order chi connectivity index (χ0) is 9.26. The number of carbonyl (C=O) groups is 1. The highest BCUT2D eigenvalue weighted by atomic mass is 16.4. The monoisotopic (exact) mass is 181 g/mol. The number of aromatic nitrogens is 2. The third-order valence-corrected chi connectivity index (χ3v) is 2.19.